The first kappa shape index (κ1) is 21.3. The van der Waals surface area contributed by atoms with E-state index in [1.165, 1.54) is 18.6 Å². The van der Waals surface area contributed by atoms with Crippen molar-refractivity contribution in [3.05, 3.63) is 30.1 Å². The monoisotopic (exact) mass is 403 g/mol. The number of benzene rings is 1. The summed E-state index contributed by atoms with van der Waals surface area (Å²) in [5.74, 6) is 1.50. The van der Waals surface area contributed by atoms with Gasteiger partial charge in [0.15, 0.2) is 0 Å². The number of anilines is 1. The van der Waals surface area contributed by atoms with Gasteiger partial charge in [-0.05, 0) is 67.7 Å². The molecular formula is C19H28Cl2FN3O. The van der Waals surface area contributed by atoms with Gasteiger partial charge in [-0.1, -0.05) is 0 Å². The summed E-state index contributed by atoms with van der Waals surface area (Å²) in [5.41, 5.74) is 7.32. The maximum atomic E-state index is 13.0. The highest BCUT2D eigenvalue weighted by molar-refractivity contribution is 5.85. The molecule has 1 amide bonds. The van der Waals surface area contributed by atoms with Crippen LogP contribution in [0.1, 0.15) is 25.7 Å². The Kier molecular flexibility index (Phi) is 7.17. The van der Waals surface area contributed by atoms with Gasteiger partial charge < -0.3 is 16.0 Å². The molecule has 146 valence electrons. The van der Waals surface area contributed by atoms with Crippen LogP contribution in [0.3, 0.4) is 0 Å². The molecule has 1 aromatic carbocycles. The number of fused-ring (bicyclic) bond motifs is 2. The molecule has 3 aliphatic rings. The first-order valence-electron chi connectivity index (χ1n) is 9.15. The molecule has 2 aliphatic carbocycles. The number of nitrogens with zero attached hydrogens (tertiary/aromatic N) is 1. The van der Waals surface area contributed by atoms with Crippen molar-refractivity contribution in [2.45, 2.75) is 31.7 Å². The normalized spacial score (nSPS) is 32.1. The summed E-state index contributed by atoms with van der Waals surface area (Å²) >= 11 is 0. The van der Waals surface area contributed by atoms with E-state index in [0.29, 0.717) is 17.8 Å². The fraction of sp³-hybridized carbons (Fsp3) is 0.632. The van der Waals surface area contributed by atoms with Gasteiger partial charge in [-0.3, -0.25) is 4.79 Å². The van der Waals surface area contributed by atoms with Gasteiger partial charge in [-0.2, -0.15) is 0 Å². The molecule has 5 atom stereocenters. The van der Waals surface area contributed by atoms with Gasteiger partial charge in [0, 0.05) is 31.4 Å². The van der Waals surface area contributed by atoms with Crippen LogP contribution in [-0.2, 0) is 4.79 Å². The molecule has 4 rings (SSSR count). The van der Waals surface area contributed by atoms with Crippen LogP contribution in [0.25, 0.3) is 0 Å². The minimum Gasteiger partial charge on any atom is -0.371 e. The van der Waals surface area contributed by atoms with Crippen molar-refractivity contribution in [1.29, 1.82) is 0 Å². The average Bonchev–Trinajstić information content (AvgIpc) is 3.29. The van der Waals surface area contributed by atoms with Crippen molar-refractivity contribution in [3.63, 3.8) is 0 Å². The number of carbonyl (C=O) groups excluding carboxylic acids is 1. The molecule has 2 saturated carbocycles. The predicted octanol–water partition coefficient (Wildman–Crippen LogP) is 2.99. The summed E-state index contributed by atoms with van der Waals surface area (Å²) in [5, 5.41) is 3.16. The summed E-state index contributed by atoms with van der Waals surface area (Å²) in [6.45, 7) is 2.59. The fourth-order valence-electron chi connectivity index (χ4n) is 4.97. The number of halogens is 3. The predicted molar refractivity (Wildman–Crippen MR) is 107 cm³/mol. The highest BCUT2D eigenvalue weighted by Crippen LogP contribution is 2.47. The fourth-order valence-corrected chi connectivity index (χ4v) is 4.97. The Balaban J connectivity index is 0.00000121. The number of amides is 1. The van der Waals surface area contributed by atoms with Crippen LogP contribution in [0.4, 0.5) is 10.1 Å². The molecule has 7 heteroatoms. The lowest BCUT2D eigenvalue weighted by Crippen LogP contribution is -2.46. The summed E-state index contributed by atoms with van der Waals surface area (Å²) < 4.78 is 13.0. The van der Waals surface area contributed by atoms with Crippen LogP contribution in [0.15, 0.2) is 24.3 Å². The minimum absolute atomic E-state index is 0. The first-order valence-corrected chi connectivity index (χ1v) is 9.15. The lowest BCUT2D eigenvalue weighted by atomic mass is 9.84. The Morgan fingerprint density at radius 2 is 1.85 bits per heavy atom. The number of nitrogens with one attached hydrogen (secondary N) is 1. The molecule has 1 aromatic rings. The Bertz CT molecular complexity index is 613. The Hall–Kier alpha value is -1.04. The average molecular weight is 404 g/mol. The van der Waals surface area contributed by atoms with E-state index in [1.54, 1.807) is 0 Å². The molecule has 3 N–H and O–H groups in total. The molecule has 3 fully saturated rings. The van der Waals surface area contributed by atoms with Crippen molar-refractivity contribution >= 4 is 36.4 Å². The van der Waals surface area contributed by atoms with Crippen LogP contribution in [0.2, 0.25) is 0 Å². The zero-order valence-corrected chi connectivity index (χ0v) is 16.4. The largest absolute Gasteiger partial charge is 0.371 e. The van der Waals surface area contributed by atoms with Crippen molar-refractivity contribution < 1.29 is 9.18 Å². The van der Waals surface area contributed by atoms with E-state index in [-0.39, 0.29) is 48.5 Å². The van der Waals surface area contributed by atoms with Crippen LogP contribution in [-0.4, -0.2) is 31.6 Å². The lowest BCUT2D eigenvalue weighted by molar-refractivity contribution is -0.127. The second kappa shape index (κ2) is 8.77. The Morgan fingerprint density at radius 3 is 2.50 bits per heavy atom. The maximum absolute atomic E-state index is 13.0. The molecule has 26 heavy (non-hydrogen) atoms. The number of carbonyl (C=O) groups is 1. The minimum atomic E-state index is -0.205. The van der Waals surface area contributed by atoms with Gasteiger partial charge in [0.1, 0.15) is 5.82 Å². The van der Waals surface area contributed by atoms with Crippen LogP contribution < -0.4 is 16.0 Å². The molecule has 5 unspecified atom stereocenters. The quantitative estimate of drug-likeness (QED) is 0.811. The zero-order valence-electron chi connectivity index (χ0n) is 14.8. The van der Waals surface area contributed by atoms with Crippen LogP contribution >= 0.6 is 24.8 Å². The van der Waals surface area contributed by atoms with Gasteiger partial charge in [0.05, 0.1) is 5.92 Å². The highest BCUT2D eigenvalue weighted by Gasteiger charge is 2.49. The van der Waals surface area contributed by atoms with Crippen molar-refractivity contribution in [3.8, 4) is 0 Å². The van der Waals surface area contributed by atoms with Gasteiger partial charge >= 0.3 is 0 Å². The first-order chi connectivity index (χ1) is 11.6. The molecule has 1 aliphatic heterocycles. The second-order valence-electron chi connectivity index (χ2n) is 7.76. The smallest absolute Gasteiger partial charge is 0.224 e. The van der Waals surface area contributed by atoms with Gasteiger partial charge in [-0.15, -0.1) is 24.8 Å². The maximum Gasteiger partial charge on any atom is 0.224 e. The molecule has 2 bridgehead atoms. The molecule has 1 heterocycles. The van der Waals surface area contributed by atoms with Gasteiger partial charge in [-0.25, -0.2) is 4.39 Å². The molecule has 0 spiro atoms. The number of hydrogen-bond donors (Lipinski definition) is 2. The SMILES string of the molecule is Cl.Cl.NC1C2CCC(C2)C1C(=O)NCC1CCN(c2ccc(F)cc2)C1. The molecular weight excluding hydrogens is 376 g/mol. The zero-order chi connectivity index (χ0) is 16.7. The summed E-state index contributed by atoms with van der Waals surface area (Å²) in [6.07, 6.45) is 4.56. The Labute approximate surface area is 166 Å². The van der Waals surface area contributed by atoms with Crippen molar-refractivity contribution in [1.82, 2.24) is 5.32 Å². The number of rotatable bonds is 4. The van der Waals surface area contributed by atoms with E-state index in [4.69, 9.17) is 5.73 Å². The standard InChI is InChI=1S/C19H26FN3O.2ClH/c20-15-3-5-16(6-4-15)23-8-7-12(11-23)10-22-19(24)17-13-1-2-14(9-13)18(17)21;;/h3-6,12-14,17-18H,1-2,7-11,21H2,(H,22,24);2*1H. The molecule has 0 aromatic heterocycles. The lowest BCUT2D eigenvalue weighted by Gasteiger charge is -2.27. The molecule has 0 radical (unpaired) electrons. The van der Waals surface area contributed by atoms with Crippen molar-refractivity contribution in [2.75, 3.05) is 24.5 Å². The topological polar surface area (TPSA) is 58.4 Å². The van der Waals surface area contributed by atoms with E-state index < -0.39 is 0 Å². The van der Waals surface area contributed by atoms with E-state index in [0.717, 1.165) is 44.6 Å². The third kappa shape index (κ3) is 4.10. The van der Waals surface area contributed by atoms with E-state index in [2.05, 4.69) is 10.2 Å². The van der Waals surface area contributed by atoms with Crippen molar-refractivity contribution in [2.24, 2.45) is 29.4 Å². The van der Waals surface area contributed by atoms with Gasteiger partial charge in [0.2, 0.25) is 5.91 Å². The Morgan fingerprint density at radius 1 is 1.15 bits per heavy atom. The van der Waals surface area contributed by atoms with Crippen LogP contribution in [0.5, 0.6) is 0 Å². The second-order valence-corrected chi connectivity index (χ2v) is 7.76. The van der Waals surface area contributed by atoms with E-state index >= 15 is 0 Å². The van der Waals surface area contributed by atoms with E-state index in [1.807, 2.05) is 12.1 Å². The van der Waals surface area contributed by atoms with E-state index in [9.17, 15) is 9.18 Å². The summed E-state index contributed by atoms with van der Waals surface area (Å²) in [4.78, 5) is 14.8. The molecule has 1 saturated heterocycles. The molecule has 4 nitrogen and oxygen atoms in total. The summed E-state index contributed by atoms with van der Waals surface area (Å²) in [6, 6.07) is 6.71. The third-order valence-electron chi connectivity index (χ3n) is 6.33. The van der Waals surface area contributed by atoms with Crippen LogP contribution in [0, 0.1) is 29.5 Å². The number of nitrogens with two attached hydrogens (primary N) is 1. The number of hydrogen-bond acceptors (Lipinski definition) is 3. The third-order valence-corrected chi connectivity index (χ3v) is 6.33. The summed E-state index contributed by atoms with van der Waals surface area (Å²) in [7, 11) is 0. The highest BCUT2D eigenvalue weighted by atomic mass is 35.5. The van der Waals surface area contributed by atoms with Gasteiger partial charge in [0.25, 0.3) is 0 Å².